The van der Waals surface area contributed by atoms with Crippen molar-refractivity contribution in [2.24, 2.45) is 5.92 Å². The number of nitriles is 1. The molecule has 2 heterocycles. The van der Waals surface area contributed by atoms with Crippen molar-refractivity contribution in [3.05, 3.63) is 77.2 Å². The molecular weight excluding hydrogens is 552 g/mol. The highest BCUT2D eigenvalue weighted by Crippen LogP contribution is 2.40. The molecule has 7 nitrogen and oxygen atoms in total. The van der Waals surface area contributed by atoms with Gasteiger partial charge in [-0.15, -0.1) is 0 Å². The monoisotopic (exact) mass is 578 g/mol. The zero-order valence-corrected chi connectivity index (χ0v) is 22.7. The Morgan fingerprint density at radius 3 is 2.40 bits per heavy atom. The van der Waals surface area contributed by atoms with Crippen LogP contribution in [-0.4, -0.2) is 35.6 Å². The second kappa shape index (κ2) is 10.9. The number of pyridine rings is 1. The highest BCUT2D eigenvalue weighted by atomic mass is 19.4. The van der Waals surface area contributed by atoms with Crippen LogP contribution in [0.15, 0.2) is 59.0 Å². The van der Waals surface area contributed by atoms with Gasteiger partial charge in [0.25, 0.3) is 11.8 Å². The van der Waals surface area contributed by atoms with E-state index in [1.165, 1.54) is 43.4 Å². The average molecular weight is 579 g/mol. The van der Waals surface area contributed by atoms with Gasteiger partial charge in [0.05, 0.1) is 22.7 Å². The summed E-state index contributed by atoms with van der Waals surface area (Å²) in [7, 11) is 1.42. The maximum atomic E-state index is 13.6. The number of hydrogen-bond acceptors (Lipinski definition) is 5. The van der Waals surface area contributed by atoms with Crippen LogP contribution in [0.2, 0.25) is 0 Å². The summed E-state index contributed by atoms with van der Waals surface area (Å²) in [6, 6.07) is 15.2. The Morgan fingerprint density at radius 2 is 1.79 bits per heavy atom. The first-order valence-electron chi connectivity index (χ1n) is 13.3. The predicted molar refractivity (Wildman–Crippen MR) is 147 cm³/mol. The van der Waals surface area contributed by atoms with E-state index >= 15 is 0 Å². The summed E-state index contributed by atoms with van der Waals surface area (Å²) in [6.07, 6.45) is -4.45. The minimum atomic E-state index is -4.46. The third-order valence-corrected chi connectivity index (χ3v) is 7.40. The van der Waals surface area contributed by atoms with Crippen molar-refractivity contribution in [3.63, 3.8) is 0 Å². The lowest BCUT2D eigenvalue weighted by molar-refractivity contribution is -0.134. The second-order valence-corrected chi connectivity index (χ2v) is 10.5. The van der Waals surface area contributed by atoms with Crippen LogP contribution in [0.1, 0.15) is 52.6 Å². The first kappa shape index (κ1) is 28.8. The van der Waals surface area contributed by atoms with E-state index in [2.05, 4.69) is 21.7 Å². The Balaban J connectivity index is 1.65. The normalized spacial score (nSPS) is 14.7. The van der Waals surface area contributed by atoms with Gasteiger partial charge in [-0.1, -0.05) is 12.1 Å². The van der Waals surface area contributed by atoms with Gasteiger partial charge in [0.1, 0.15) is 17.1 Å². The van der Waals surface area contributed by atoms with Crippen molar-refractivity contribution in [1.29, 1.82) is 5.26 Å². The van der Waals surface area contributed by atoms with E-state index in [1.807, 2.05) is 0 Å². The van der Waals surface area contributed by atoms with Crippen molar-refractivity contribution >= 4 is 22.9 Å². The van der Waals surface area contributed by atoms with E-state index in [9.17, 15) is 32.4 Å². The van der Waals surface area contributed by atoms with Crippen LogP contribution in [0, 0.1) is 23.1 Å². The van der Waals surface area contributed by atoms with Gasteiger partial charge in [-0.05, 0) is 80.1 Å². The van der Waals surface area contributed by atoms with E-state index in [1.54, 1.807) is 25.1 Å². The molecule has 0 radical (unpaired) electrons. The molecule has 42 heavy (non-hydrogen) atoms. The number of fused-ring (bicyclic) bond motifs is 1. The van der Waals surface area contributed by atoms with Gasteiger partial charge >= 0.3 is 6.18 Å². The minimum absolute atomic E-state index is 0.0507. The number of nitrogens with one attached hydrogen (secondary N) is 2. The van der Waals surface area contributed by atoms with Gasteiger partial charge < -0.3 is 15.1 Å². The van der Waals surface area contributed by atoms with Crippen molar-refractivity contribution in [3.8, 4) is 28.5 Å². The number of aryl methyl sites for hydroxylation is 1. The minimum Gasteiger partial charge on any atom is -0.437 e. The molecule has 0 spiro atoms. The maximum Gasteiger partial charge on any atom is 0.389 e. The summed E-state index contributed by atoms with van der Waals surface area (Å²) in [5, 5.41) is 15.2. The standard InChI is InChI=1S/C31H26F4N4O3/c1-30(16-36,20-8-9-20)39-27(40)19-5-3-4-18(14-19)22-15-23-25(28(41)37-2)26(17-6-10-21(32)11-7-17)42-29(23)38-24(22)12-13-31(33,34)35/h3-7,10-11,14-15,20H,8-9,12-13H2,1-2H3,(H,37,41)(H,39,40)/t30-/m1/s1. The highest BCUT2D eigenvalue weighted by molar-refractivity contribution is 6.11. The Kier molecular flexibility index (Phi) is 7.49. The van der Waals surface area contributed by atoms with E-state index in [4.69, 9.17) is 4.42 Å². The lowest BCUT2D eigenvalue weighted by atomic mass is 9.95. The lowest BCUT2D eigenvalue weighted by Gasteiger charge is -2.23. The third-order valence-electron chi connectivity index (χ3n) is 7.40. The van der Waals surface area contributed by atoms with Gasteiger partial charge in [-0.3, -0.25) is 9.59 Å². The molecule has 2 aromatic heterocycles. The highest BCUT2D eigenvalue weighted by Gasteiger charge is 2.43. The summed E-state index contributed by atoms with van der Waals surface area (Å²) in [5.41, 5.74) is 0.301. The Hall–Kier alpha value is -4.72. The van der Waals surface area contributed by atoms with Gasteiger partial charge in [0, 0.05) is 30.2 Å². The van der Waals surface area contributed by atoms with Gasteiger partial charge in [-0.25, -0.2) is 9.37 Å². The molecule has 0 bridgehead atoms. The number of halogens is 4. The smallest absolute Gasteiger partial charge is 0.389 e. The molecule has 1 saturated carbocycles. The lowest BCUT2D eigenvalue weighted by Crippen LogP contribution is -2.46. The van der Waals surface area contributed by atoms with Crippen molar-refractivity contribution < 1.29 is 31.6 Å². The maximum absolute atomic E-state index is 13.6. The molecule has 0 saturated heterocycles. The number of furan rings is 1. The van der Waals surface area contributed by atoms with Gasteiger partial charge in [0.15, 0.2) is 0 Å². The second-order valence-electron chi connectivity index (χ2n) is 10.5. The fourth-order valence-corrected chi connectivity index (χ4v) is 4.93. The zero-order valence-electron chi connectivity index (χ0n) is 22.7. The van der Waals surface area contributed by atoms with Crippen LogP contribution in [0.25, 0.3) is 33.6 Å². The number of amides is 2. The van der Waals surface area contributed by atoms with Crippen molar-refractivity contribution in [2.45, 2.75) is 44.3 Å². The quantitative estimate of drug-likeness (QED) is 0.230. The molecule has 216 valence electrons. The Bertz CT molecular complexity index is 1720. The predicted octanol–water partition coefficient (Wildman–Crippen LogP) is 6.58. The van der Waals surface area contributed by atoms with Crippen molar-refractivity contribution in [1.82, 2.24) is 15.6 Å². The Morgan fingerprint density at radius 1 is 1.07 bits per heavy atom. The molecule has 0 aliphatic heterocycles. The number of benzene rings is 2. The average Bonchev–Trinajstić information content (AvgIpc) is 3.77. The first-order valence-corrected chi connectivity index (χ1v) is 13.3. The molecule has 4 aromatic rings. The summed E-state index contributed by atoms with van der Waals surface area (Å²) in [6.45, 7) is 1.66. The number of hydrogen-bond donors (Lipinski definition) is 2. The molecule has 2 amide bonds. The number of nitrogens with zero attached hydrogens (tertiary/aromatic N) is 2. The molecule has 0 unspecified atom stereocenters. The first-order chi connectivity index (χ1) is 19.9. The Labute approximate surface area is 238 Å². The molecule has 1 aliphatic carbocycles. The molecule has 2 N–H and O–H groups in total. The number of rotatable bonds is 8. The summed E-state index contributed by atoms with van der Waals surface area (Å²) < 4.78 is 59.3. The molecule has 11 heteroatoms. The summed E-state index contributed by atoms with van der Waals surface area (Å²) in [4.78, 5) is 30.5. The van der Waals surface area contributed by atoms with E-state index in [0.29, 0.717) is 11.1 Å². The number of alkyl halides is 3. The van der Waals surface area contributed by atoms with Crippen LogP contribution >= 0.6 is 0 Å². The van der Waals surface area contributed by atoms with Crippen LogP contribution in [0.3, 0.4) is 0 Å². The summed E-state index contributed by atoms with van der Waals surface area (Å²) in [5.74, 6) is -1.39. The third kappa shape index (κ3) is 5.84. The van der Waals surface area contributed by atoms with Crippen LogP contribution in [-0.2, 0) is 6.42 Å². The number of carbonyl (C=O) groups excluding carboxylic acids is 2. The summed E-state index contributed by atoms with van der Waals surface area (Å²) >= 11 is 0. The molecule has 2 aromatic carbocycles. The van der Waals surface area contributed by atoms with E-state index in [0.717, 1.165) is 12.8 Å². The molecule has 1 fully saturated rings. The molecule has 5 rings (SSSR count). The van der Waals surface area contributed by atoms with E-state index < -0.39 is 42.2 Å². The fourth-order valence-electron chi connectivity index (χ4n) is 4.93. The van der Waals surface area contributed by atoms with Gasteiger partial charge in [-0.2, -0.15) is 18.4 Å². The van der Waals surface area contributed by atoms with Crippen LogP contribution < -0.4 is 10.6 Å². The molecular formula is C31H26F4N4O3. The van der Waals surface area contributed by atoms with Crippen molar-refractivity contribution in [2.75, 3.05) is 7.05 Å². The fraction of sp³-hybridized carbons (Fsp3) is 0.290. The largest absolute Gasteiger partial charge is 0.437 e. The van der Waals surface area contributed by atoms with E-state index in [-0.39, 0.29) is 45.2 Å². The molecule has 1 aliphatic rings. The zero-order chi connectivity index (χ0) is 30.2. The SMILES string of the molecule is CNC(=O)c1c(-c2ccc(F)cc2)oc2nc(CCC(F)(F)F)c(-c3cccc(C(=O)N[C@](C)(C#N)C4CC4)c3)cc12. The molecule has 1 atom stereocenters. The topological polar surface area (TPSA) is 108 Å². The van der Waals surface area contributed by atoms with Crippen LogP contribution in [0.5, 0.6) is 0 Å². The van der Waals surface area contributed by atoms with Crippen LogP contribution in [0.4, 0.5) is 17.6 Å². The number of carbonyl (C=O) groups is 2. The number of aromatic nitrogens is 1. The van der Waals surface area contributed by atoms with Gasteiger partial charge in [0.2, 0.25) is 5.71 Å².